The molecule has 0 atom stereocenters. The lowest BCUT2D eigenvalue weighted by Crippen LogP contribution is -2.27. The van der Waals surface area contributed by atoms with Gasteiger partial charge < -0.3 is 0 Å². The number of benzene rings is 2. The summed E-state index contributed by atoms with van der Waals surface area (Å²) in [5.74, 6) is 0.249. The molecule has 1 heterocycles. The van der Waals surface area contributed by atoms with E-state index in [0.29, 0.717) is 17.4 Å². The minimum Gasteiger partial charge on any atom is -0.268 e. The van der Waals surface area contributed by atoms with Crippen molar-refractivity contribution in [2.75, 3.05) is 0 Å². The maximum atomic E-state index is 12.5. The third-order valence-corrected chi connectivity index (χ3v) is 4.87. The molecular weight excluding hydrogens is 318 g/mol. The van der Waals surface area contributed by atoms with Gasteiger partial charge in [0, 0.05) is 0 Å². The zero-order valence-corrected chi connectivity index (χ0v) is 14.5. The fourth-order valence-corrected chi connectivity index (χ4v) is 3.37. The van der Waals surface area contributed by atoms with Gasteiger partial charge in [-0.3, -0.25) is 14.5 Å². The number of rotatable bonds is 4. The molecule has 2 aromatic carbocycles. The lowest BCUT2D eigenvalue weighted by Gasteiger charge is -2.12. The Balaban J connectivity index is 1.78. The molecule has 3 rings (SSSR count). The quantitative estimate of drug-likeness (QED) is 0.733. The summed E-state index contributed by atoms with van der Waals surface area (Å²) in [7, 11) is 0. The molecule has 0 N–H and O–H groups in total. The molecule has 0 radical (unpaired) electrons. The number of hydrogen-bond donors (Lipinski definition) is 0. The molecule has 1 aliphatic heterocycles. The zero-order valence-electron chi connectivity index (χ0n) is 13.7. The number of amides is 2. The van der Waals surface area contributed by atoms with E-state index in [1.165, 1.54) is 10.5 Å². The van der Waals surface area contributed by atoms with Crippen LogP contribution in [0.25, 0.3) is 6.08 Å². The smallest absolute Gasteiger partial charge is 0.268 e. The molecule has 0 unspecified atom stereocenters. The van der Waals surface area contributed by atoms with Gasteiger partial charge >= 0.3 is 0 Å². The maximum absolute atomic E-state index is 12.5. The van der Waals surface area contributed by atoms with Gasteiger partial charge in [0.15, 0.2) is 0 Å². The van der Waals surface area contributed by atoms with Crippen molar-refractivity contribution in [1.29, 1.82) is 0 Å². The summed E-state index contributed by atoms with van der Waals surface area (Å²) in [5.41, 5.74) is 3.14. The Morgan fingerprint density at radius 2 is 1.67 bits per heavy atom. The predicted octanol–water partition coefficient (Wildman–Crippen LogP) is 5.05. The average molecular weight is 337 g/mol. The van der Waals surface area contributed by atoms with Crippen LogP contribution in [0, 0.1) is 0 Å². The van der Waals surface area contributed by atoms with Crippen LogP contribution < -0.4 is 0 Å². The summed E-state index contributed by atoms with van der Waals surface area (Å²) in [6.45, 7) is 4.60. The van der Waals surface area contributed by atoms with E-state index in [1.54, 1.807) is 6.08 Å². The van der Waals surface area contributed by atoms with Gasteiger partial charge in [-0.1, -0.05) is 68.4 Å². The Kier molecular flexibility index (Phi) is 4.86. The molecule has 0 saturated carbocycles. The van der Waals surface area contributed by atoms with Crippen molar-refractivity contribution < 1.29 is 9.59 Å². The topological polar surface area (TPSA) is 37.4 Å². The molecule has 1 aliphatic rings. The molecule has 4 heteroatoms. The first-order valence-corrected chi connectivity index (χ1v) is 8.75. The fourth-order valence-electron chi connectivity index (χ4n) is 2.53. The number of imide groups is 1. The Morgan fingerprint density at radius 1 is 1.00 bits per heavy atom. The van der Waals surface area contributed by atoms with Crippen LogP contribution >= 0.6 is 11.8 Å². The van der Waals surface area contributed by atoms with Crippen molar-refractivity contribution in [1.82, 2.24) is 4.90 Å². The van der Waals surface area contributed by atoms with E-state index in [4.69, 9.17) is 0 Å². The van der Waals surface area contributed by atoms with Gasteiger partial charge in [0.2, 0.25) is 0 Å². The van der Waals surface area contributed by atoms with Crippen molar-refractivity contribution >= 4 is 29.0 Å². The first-order valence-electron chi connectivity index (χ1n) is 7.94. The molecule has 1 fully saturated rings. The molecule has 0 bridgehead atoms. The van der Waals surface area contributed by atoms with Crippen LogP contribution in [0.4, 0.5) is 4.79 Å². The Morgan fingerprint density at radius 3 is 2.29 bits per heavy atom. The minimum absolute atomic E-state index is 0.214. The second-order valence-electron chi connectivity index (χ2n) is 6.07. The van der Waals surface area contributed by atoms with Crippen LogP contribution in [0.5, 0.6) is 0 Å². The minimum atomic E-state index is -0.221. The second kappa shape index (κ2) is 7.05. The molecule has 2 amide bonds. The van der Waals surface area contributed by atoms with E-state index in [9.17, 15) is 9.59 Å². The number of hydrogen-bond acceptors (Lipinski definition) is 3. The lowest BCUT2D eigenvalue weighted by molar-refractivity contribution is -0.123. The van der Waals surface area contributed by atoms with E-state index < -0.39 is 0 Å². The highest BCUT2D eigenvalue weighted by atomic mass is 32.2. The summed E-state index contributed by atoms with van der Waals surface area (Å²) in [5, 5.41) is -0.214. The highest BCUT2D eigenvalue weighted by Crippen LogP contribution is 2.33. The monoisotopic (exact) mass is 337 g/mol. The Hall–Kier alpha value is -2.33. The van der Waals surface area contributed by atoms with Crippen molar-refractivity contribution in [2.24, 2.45) is 0 Å². The summed E-state index contributed by atoms with van der Waals surface area (Å²) < 4.78 is 0. The summed E-state index contributed by atoms with van der Waals surface area (Å²) in [4.78, 5) is 26.5. The largest absolute Gasteiger partial charge is 0.293 e. The number of carbonyl (C=O) groups excluding carboxylic acids is 2. The van der Waals surface area contributed by atoms with Crippen LogP contribution in [-0.4, -0.2) is 16.0 Å². The van der Waals surface area contributed by atoms with Crippen molar-refractivity contribution in [3.63, 3.8) is 0 Å². The van der Waals surface area contributed by atoms with Crippen LogP contribution in [-0.2, 0) is 11.3 Å². The van der Waals surface area contributed by atoms with Crippen molar-refractivity contribution in [3.05, 3.63) is 76.2 Å². The summed E-state index contributed by atoms with van der Waals surface area (Å²) in [6.07, 6.45) is 1.79. The Bertz CT molecular complexity index is 779. The van der Waals surface area contributed by atoms with E-state index in [1.807, 2.05) is 42.5 Å². The standard InChI is InChI=1S/C20H19NO2S/c1-14(2)17-10-8-15(9-11-17)12-18-19(22)21(20(23)24-18)13-16-6-4-3-5-7-16/h3-12,14H,13H2,1-2H3/b18-12+. The molecule has 122 valence electrons. The molecule has 1 saturated heterocycles. The van der Waals surface area contributed by atoms with E-state index in [0.717, 1.165) is 22.9 Å². The SMILES string of the molecule is CC(C)c1ccc(/C=C2/SC(=O)N(Cc3ccccc3)C2=O)cc1. The van der Waals surface area contributed by atoms with Gasteiger partial charge in [-0.15, -0.1) is 0 Å². The van der Waals surface area contributed by atoms with Crippen LogP contribution in [0.15, 0.2) is 59.5 Å². The molecule has 0 aliphatic carbocycles. The lowest BCUT2D eigenvalue weighted by atomic mass is 10.0. The van der Waals surface area contributed by atoms with Crippen LogP contribution in [0.2, 0.25) is 0 Å². The molecule has 0 aromatic heterocycles. The number of thioether (sulfide) groups is 1. The first kappa shape index (κ1) is 16.5. The van der Waals surface area contributed by atoms with Gasteiger partial charge in [-0.05, 0) is 40.4 Å². The van der Waals surface area contributed by atoms with Crippen molar-refractivity contribution in [3.8, 4) is 0 Å². The summed E-state index contributed by atoms with van der Waals surface area (Å²) in [6, 6.07) is 17.6. The highest BCUT2D eigenvalue weighted by Gasteiger charge is 2.34. The van der Waals surface area contributed by atoms with Gasteiger partial charge in [-0.2, -0.15) is 0 Å². The van der Waals surface area contributed by atoms with E-state index in [-0.39, 0.29) is 11.1 Å². The molecule has 24 heavy (non-hydrogen) atoms. The highest BCUT2D eigenvalue weighted by molar-refractivity contribution is 8.18. The molecule has 2 aromatic rings. The normalized spacial score (nSPS) is 16.5. The number of carbonyl (C=O) groups is 2. The number of nitrogens with zero attached hydrogens (tertiary/aromatic N) is 1. The third-order valence-electron chi connectivity index (χ3n) is 3.96. The third kappa shape index (κ3) is 3.60. The average Bonchev–Trinajstić information content (AvgIpc) is 2.84. The van der Waals surface area contributed by atoms with E-state index in [2.05, 4.69) is 26.0 Å². The van der Waals surface area contributed by atoms with Gasteiger partial charge in [0.05, 0.1) is 11.4 Å². The van der Waals surface area contributed by atoms with Crippen LogP contribution in [0.3, 0.4) is 0 Å². The second-order valence-corrected chi connectivity index (χ2v) is 7.07. The van der Waals surface area contributed by atoms with Gasteiger partial charge in [0.25, 0.3) is 11.1 Å². The van der Waals surface area contributed by atoms with Crippen LogP contribution in [0.1, 0.15) is 36.5 Å². The molecule has 3 nitrogen and oxygen atoms in total. The van der Waals surface area contributed by atoms with Crippen molar-refractivity contribution in [2.45, 2.75) is 26.3 Å². The Labute approximate surface area is 146 Å². The molecular formula is C20H19NO2S. The predicted molar refractivity (Wildman–Crippen MR) is 98.5 cm³/mol. The summed E-state index contributed by atoms with van der Waals surface area (Å²) >= 11 is 1.00. The maximum Gasteiger partial charge on any atom is 0.293 e. The zero-order chi connectivity index (χ0) is 17.1. The van der Waals surface area contributed by atoms with Gasteiger partial charge in [-0.25, -0.2) is 0 Å². The van der Waals surface area contributed by atoms with E-state index >= 15 is 0 Å². The first-order chi connectivity index (χ1) is 11.5. The fraction of sp³-hybridized carbons (Fsp3) is 0.200. The van der Waals surface area contributed by atoms with Gasteiger partial charge in [0.1, 0.15) is 0 Å². The molecule has 0 spiro atoms.